The van der Waals surface area contributed by atoms with Crippen molar-refractivity contribution in [3.8, 4) is 0 Å². The lowest BCUT2D eigenvalue weighted by molar-refractivity contribution is -0.119. The zero-order chi connectivity index (χ0) is 13.1. The van der Waals surface area contributed by atoms with Crippen LogP contribution in [0, 0.1) is 12.8 Å². The summed E-state index contributed by atoms with van der Waals surface area (Å²) in [7, 11) is -3.49. The minimum Gasteiger partial charge on any atom is -0.298 e. The van der Waals surface area contributed by atoms with Gasteiger partial charge in [0.05, 0.1) is 4.90 Å². The van der Waals surface area contributed by atoms with Crippen LogP contribution in [0.1, 0.15) is 25.8 Å². The van der Waals surface area contributed by atoms with E-state index in [1.165, 1.54) is 6.07 Å². The highest BCUT2D eigenvalue weighted by molar-refractivity contribution is 7.92. The van der Waals surface area contributed by atoms with E-state index < -0.39 is 15.6 Å². The fourth-order valence-electron chi connectivity index (χ4n) is 1.45. The lowest BCUT2D eigenvalue weighted by Crippen LogP contribution is -2.21. The molecule has 0 spiro atoms. The topological polar surface area (TPSA) is 51.2 Å². The van der Waals surface area contributed by atoms with Crippen LogP contribution in [0.3, 0.4) is 0 Å². The molecule has 1 atom stereocenters. The van der Waals surface area contributed by atoms with Gasteiger partial charge in [0.15, 0.2) is 15.6 Å². The Bertz CT molecular complexity index is 503. The average molecular weight is 254 g/mol. The van der Waals surface area contributed by atoms with Crippen LogP contribution < -0.4 is 0 Å². The van der Waals surface area contributed by atoms with Crippen molar-refractivity contribution in [3.05, 3.63) is 29.8 Å². The molecule has 1 aromatic rings. The Morgan fingerprint density at radius 3 is 2.53 bits per heavy atom. The van der Waals surface area contributed by atoms with E-state index in [0.29, 0.717) is 6.42 Å². The predicted molar refractivity (Wildman–Crippen MR) is 67.7 cm³/mol. The third kappa shape index (κ3) is 3.66. The number of hydrogen-bond donors (Lipinski definition) is 0. The number of hydrogen-bond acceptors (Lipinski definition) is 3. The van der Waals surface area contributed by atoms with Crippen molar-refractivity contribution in [1.82, 2.24) is 0 Å². The molecule has 17 heavy (non-hydrogen) atoms. The summed E-state index contributed by atoms with van der Waals surface area (Å²) in [5.74, 6) is -0.811. The Balaban J connectivity index is 2.94. The van der Waals surface area contributed by atoms with E-state index in [9.17, 15) is 13.2 Å². The first kappa shape index (κ1) is 13.9. The monoisotopic (exact) mass is 254 g/mol. The molecule has 0 radical (unpaired) electrons. The molecule has 94 valence electrons. The third-order valence-corrected chi connectivity index (χ3v) is 4.48. The molecule has 0 aliphatic carbocycles. The fraction of sp³-hybridized carbons (Fsp3) is 0.462. The van der Waals surface area contributed by atoms with Gasteiger partial charge in [-0.3, -0.25) is 4.79 Å². The minimum atomic E-state index is -3.49. The summed E-state index contributed by atoms with van der Waals surface area (Å²) in [6.45, 7) is 5.46. The van der Waals surface area contributed by atoms with Crippen molar-refractivity contribution in [3.63, 3.8) is 0 Å². The van der Waals surface area contributed by atoms with Gasteiger partial charge in [0.1, 0.15) is 5.75 Å². The van der Waals surface area contributed by atoms with Crippen molar-refractivity contribution in [2.45, 2.75) is 32.1 Å². The summed E-state index contributed by atoms with van der Waals surface area (Å²) >= 11 is 0. The van der Waals surface area contributed by atoms with Crippen LogP contribution in [0.15, 0.2) is 29.2 Å². The molecule has 0 saturated heterocycles. The number of carbonyl (C=O) groups is 1. The normalized spacial score (nSPS) is 13.4. The molecule has 3 nitrogen and oxygen atoms in total. The SMILES string of the molecule is CCC(C)C(=O)CS(=O)(=O)c1cccc(C)c1. The summed E-state index contributed by atoms with van der Waals surface area (Å²) in [4.78, 5) is 11.9. The number of sulfone groups is 1. The van der Waals surface area contributed by atoms with Gasteiger partial charge in [-0.25, -0.2) is 8.42 Å². The zero-order valence-corrected chi connectivity index (χ0v) is 11.3. The van der Waals surface area contributed by atoms with E-state index in [4.69, 9.17) is 0 Å². The molecular weight excluding hydrogens is 236 g/mol. The molecule has 0 fully saturated rings. The maximum atomic E-state index is 12.0. The molecule has 1 unspecified atom stereocenters. The lowest BCUT2D eigenvalue weighted by Gasteiger charge is -2.08. The molecule has 0 aromatic heterocycles. The Hall–Kier alpha value is -1.16. The van der Waals surface area contributed by atoms with Crippen molar-refractivity contribution in [2.24, 2.45) is 5.92 Å². The van der Waals surface area contributed by atoms with Gasteiger partial charge in [0.25, 0.3) is 0 Å². The van der Waals surface area contributed by atoms with Gasteiger partial charge in [0, 0.05) is 5.92 Å². The van der Waals surface area contributed by atoms with Crippen molar-refractivity contribution in [1.29, 1.82) is 0 Å². The van der Waals surface area contributed by atoms with E-state index in [0.717, 1.165) is 5.56 Å². The van der Waals surface area contributed by atoms with E-state index in [1.54, 1.807) is 19.1 Å². The van der Waals surface area contributed by atoms with Gasteiger partial charge in [-0.05, 0) is 31.0 Å². The van der Waals surface area contributed by atoms with Crippen LogP contribution in [0.25, 0.3) is 0 Å². The summed E-state index contributed by atoms with van der Waals surface area (Å²) in [5, 5.41) is 0. The van der Waals surface area contributed by atoms with Crippen LogP contribution in [-0.2, 0) is 14.6 Å². The largest absolute Gasteiger partial charge is 0.298 e. The molecule has 0 bridgehead atoms. The molecule has 0 amide bonds. The van der Waals surface area contributed by atoms with Gasteiger partial charge in [-0.2, -0.15) is 0 Å². The second-order valence-corrected chi connectivity index (χ2v) is 6.34. The van der Waals surface area contributed by atoms with Crippen LogP contribution in [0.2, 0.25) is 0 Å². The number of ketones is 1. The lowest BCUT2D eigenvalue weighted by atomic mass is 10.1. The van der Waals surface area contributed by atoms with E-state index in [2.05, 4.69) is 0 Å². The smallest absolute Gasteiger partial charge is 0.185 e. The third-order valence-electron chi connectivity index (χ3n) is 2.84. The number of aryl methyl sites for hydroxylation is 1. The van der Waals surface area contributed by atoms with E-state index in [-0.39, 0.29) is 16.6 Å². The number of carbonyl (C=O) groups excluding carboxylic acids is 1. The first-order valence-corrected chi connectivity index (χ1v) is 7.34. The summed E-state index contributed by atoms with van der Waals surface area (Å²) < 4.78 is 24.0. The molecule has 0 heterocycles. The Kier molecular flexibility index (Phi) is 4.46. The Morgan fingerprint density at radius 1 is 1.35 bits per heavy atom. The molecular formula is C13H18O3S. The number of rotatable bonds is 5. The molecule has 0 N–H and O–H groups in total. The van der Waals surface area contributed by atoms with Crippen LogP contribution in [0.5, 0.6) is 0 Å². The van der Waals surface area contributed by atoms with Crippen molar-refractivity contribution >= 4 is 15.6 Å². The summed E-state index contributed by atoms with van der Waals surface area (Å²) in [6, 6.07) is 6.65. The van der Waals surface area contributed by atoms with Gasteiger partial charge >= 0.3 is 0 Å². The Labute approximate surface area is 103 Å². The Morgan fingerprint density at radius 2 is 2.00 bits per heavy atom. The highest BCUT2D eigenvalue weighted by Gasteiger charge is 2.22. The van der Waals surface area contributed by atoms with Crippen LogP contribution >= 0.6 is 0 Å². The highest BCUT2D eigenvalue weighted by atomic mass is 32.2. The van der Waals surface area contributed by atoms with Crippen molar-refractivity contribution in [2.75, 3.05) is 5.75 Å². The molecule has 0 saturated carbocycles. The summed E-state index contributed by atoms with van der Waals surface area (Å²) in [6.07, 6.45) is 0.669. The first-order valence-electron chi connectivity index (χ1n) is 5.69. The number of Topliss-reactive ketones (excluding diaryl/α,β-unsaturated/α-hetero) is 1. The molecule has 4 heteroatoms. The molecule has 1 rings (SSSR count). The summed E-state index contributed by atoms with van der Waals surface area (Å²) in [5.41, 5.74) is 0.877. The second kappa shape index (κ2) is 5.45. The van der Waals surface area contributed by atoms with E-state index >= 15 is 0 Å². The van der Waals surface area contributed by atoms with Crippen LogP contribution in [0.4, 0.5) is 0 Å². The first-order chi connectivity index (χ1) is 7.86. The van der Waals surface area contributed by atoms with Gasteiger partial charge in [-0.15, -0.1) is 0 Å². The molecule has 1 aromatic carbocycles. The minimum absolute atomic E-state index is 0.199. The van der Waals surface area contributed by atoms with Crippen LogP contribution in [-0.4, -0.2) is 20.0 Å². The average Bonchev–Trinajstić information content (AvgIpc) is 2.27. The fourth-order valence-corrected chi connectivity index (χ4v) is 2.93. The zero-order valence-electron chi connectivity index (χ0n) is 10.4. The van der Waals surface area contributed by atoms with Crippen molar-refractivity contribution < 1.29 is 13.2 Å². The predicted octanol–water partition coefficient (Wildman–Crippen LogP) is 2.38. The standard InChI is InChI=1S/C13H18O3S/c1-4-11(3)13(14)9-17(15,16)12-7-5-6-10(2)8-12/h5-8,11H,4,9H2,1-3H3. The quantitative estimate of drug-likeness (QED) is 0.810. The molecule has 0 aliphatic heterocycles. The maximum Gasteiger partial charge on any atom is 0.185 e. The maximum absolute atomic E-state index is 12.0. The van der Waals surface area contributed by atoms with Gasteiger partial charge in [-0.1, -0.05) is 26.0 Å². The highest BCUT2D eigenvalue weighted by Crippen LogP contribution is 2.15. The number of benzene rings is 1. The molecule has 0 aliphatic rings. The second-order valence-electron chi connectivity index (χ2n) is 4.35. The van der Waals surface area contributed by atoms with E-state index in [1.807, 2.05) is 19.9 Å². The van der Waals surface area contributed by atoms with Gasteiger partial charge in [0.2, 0.25) is 0 Å². The van der Waals surface area contributed by atoms with Gasteiger partial charge < -0.3 is 0 Å².